The van der Waals surface area contributed by atoms with Crippen molar-refractivity contribution < 1.29 is 5.11 Å². The molecule has 0 spiro atoms. The van der Waals surface area contributed by atoms with Gasteiger partial charge in [-0.2, -0.15) is 0 Å². The Labute approximate surface area is 108 Å². The predicted molar refractivity (Wildman–Crippen MR) is 72.8 cm³/mol. The number of aryl methyl sites for hydroxylation is 1. The number of hydrogen-bond donors (Lipinski definition) is 3. The molecule has 5 nitrogen and oxygen atoms in total. The molecule has 0 radical (unpaired) electrons. The van der Waals surface area contributed by atoms with Crippen molar-refractivity contribution in [1.82, 2.24) is 9.97 Å². The van der Waals surface area contributed by atoms with Gasteiger partial charge in [-0.05, 0) is 38.5 Å². The van der Waals surface area contributed by atoms with Gasteiger partial charge in [0.1, 0.15) is 17.5 Å². The van der Waals surface area contributed by atoms with Gasteiger partial charge in [0, 0.05) is 25.8 Å². The van der Waals surface area contributed by atoms with Crippen LogP contribution in [0.4, 0.5) is 11.6 Å². The zero-order chi connectivity index (χ0) is 13.0. The summed E-state index contributed by atoms with van der Waals surface area (Å²) in [5, 5.41) is 15.6. The number of anilines is 2. The van der Waals surface area contributed by atoms with E-state index >= 15 is 0 Å². The van der Waals surface area contributed by atoms with Crippen LogP contribution in [0.1, 0.15) is 32.0 Å². The second-order valence-electron chi connectivity index (χ2n) is 5.04. The van der Waals surface area contributed by atoms with Crippen LogP contribution in [-0.2, 0) is 0 Å². The van der Waals surface area contributed by atoms with Gasteiger partial charge in [-0.15, -0.1) is 0 Å². The zero-order valence-corrected chi connectivity index (χ0v) is 11.2. The minimum Gasteiger partial charge on any atom is -0.396 e. The molecule has 18 heavy (non-hydrogen) atoms. The second-order valence-corrected chi connectivity index (χ2v) is 5.04. The number of aromatic nitrogens is 2. The molecule has 100 valence electrons. The highest BCUT2D eigenvalue weighted by Gasteiger charge is 2.41. The third kappa shape index (κ3) is 3.32. The maximum absolute atomic E-state index is 9.03. The smallest absolute Gasteiger partial charge is 0.131 e. The molecule has 1 aliphatic rings. The molecule has 1 aromatic heterocycles. The summed E-state index contributed by atoms with van der Waals surface area (Å²) < 4.78 is 0. The number of hydrogen-bond acceptors (Lipinski definition) is 5. The van der Waals surface area contributed by atoms with E-state index < -0.39 is 0 Å². The van der Waals surface area contributed by atoms with Gasteiger partial charge < -0.3 is 15.7 Å². The molecule has 1 aromatic rings. The van der Waals surface area contributed by atoms with Gasteiger partial charge in [0.25, 0.3) is 0 Å². The van der Waals surface area contributed by atoms with Crippen molar-refractivity contribution >= 4 is 11.6 Å². The van der Waals surface area contributed by atoms with Crippen LogP contribution >= 0.6 is 0 Å². The maximum atomic E-state index is 9.03. The maximum Gasteiger partial charge on any atom is 0.131 e. The summed E-state index contributed by atoms with van der Waals surface area (Å²) in [5.74, 6) is 2.49. The Morgan fingerprint density at radius 1 is 1.28 bits per heavy atom. The van der Waals surface area contributed by atoms with E-state index in [4.69, 9.17) is 5.11 Å². The molecule has 1 saturated carbocycles. The van der Waals surface area contributed by atoms with E-state index in [0.29, 0.717) is 5.41 Å². The highest BCUT2D eigenvalue weighted by molar-refractivity contribution is 5.47. The SMILES string of the molecule is CCNc1cc(NCC2(CCO)CC2)nc(C)n1. The Balaban J connectivity index is 1.96. The highest BCUT2D eigenvalue weighted by atomic mass is 16.3. The molecule has 0 unspecified atom stereocenters. The number of aliphatic hydroxyl groups is 1. The van der Waals surface area contributed by atoms with Gasteiger partial charge in [-0.1, -0.05) is 0 Å². The highest BCUT2D eigenvalue weighted by Crippen LogP contribution is 2.48. The molecule has 2 rings (SSSR count). The molecule has 1 fully saturated rings. The Morgan fingerprint density at radius 2 is 1.94 bits per heavy atom. The van der Waals surface area contributed by atoms with Crippen LogP contribution in [0.25, 0.3) is 0 Å². The van der Waals surface area contributed by atoms with Crippen molar-refractivity contribution in [3.63, 3.8) is 0 Å². The predicted octanol–water partition coefficient (Wildman–Crippen LogP) is 1.79. The lowest BCUT2D eigenvalue weighted by Crippen LogP contribution is -2.18. The van der Waals surface area contributed by atoms with Crippen LogP contribution in [0.5, 0.6) is 0 Å². The van der Waals surface area contributed by atoms with Crippen molar-refractivity contribution in [3.05, 3.63) is 11.9 Å². The number of nitrogens with zero attached hydrogens (tertiary/aromatic N) is 2. The van der Waals surface area contributed by atoms with E-state index in [9.17, 15) is 0 Å². The topological polar surface area (TPSA) is 70.1 Å². The minimum absolute atomic E-state index is 0.271. The molecule has 0 saturated heterocycles. The number of aliphatic hydroxyl groups excluding tert-OH is 1. The van der Waals surface area contributed by atoms with Gasteiger partial charge in [-0.3, -0.25) is 0 Å². The van der Waals surface area contributed by atoms with Crippen LogP contribution in [0.3, 0.4) is 0 Å². The summed E-state index contributed by atoms with van der Waals surface area (Å²) >= 11 is 0. The first-order valence-corrected chi connectivity index (χ1v) is 6.62. The average Bonchev–Trinajstić information content (AvgIpc) is 3.07. The monoisotopic (exact) mass is 250 g/mol. The second kappa shape index (κ2) is 5.52. The first-order chi connectivity index (χ1) is 8.67. The van der Waals surface area contributed by atoms with Crippen molar-refractivity contribution in [1.29, 1.82) is 0 Å². The van der Waals surface area contributed by atoms with Gasteiger partial charge in [0.05, 0.1) is 0 Å². The zero-order valence-electron chi connectivity index (χ0n) is 11.2. The van der Waals surface area contributed by atoms with E-state index in [2.05, 4.69) is 20.6 Å². The lowest BCUT2D eigenvalue weighted by atomic mass is 10.0. The van der Waals surface area contributed by atoms with Gasteiger partial charge >= 0.3 is 0 Å². The van der Waals surface area contributed by atoms with Crippen LogP contribution in [0, 0.1) is 12.3 Å². The van der Waals surface area contributed by atoms with E-state index in [1.165, 1.54) is 12.8 Å². The molecule has 1 heterocycles. The molecular formula is C13H22N4O. The first-order valence-electron chi connectivity index (χ1n) is 6.62. The molecule has 0 aromatic carbocycles. The third-order valence-corrected chi connectivity index (χ3v) is 3.44. The van der Waals surface area contributed by atoms with Crippen molar-refractivity contribution in [2.45, 2.75) is 33.1 Å². The van der Waals surface area contributed by atoms with E-state index in [0.717, 1.165) is 37.0 Å². The normalized spacial score (nSPS) is 16.4. The van der Waals surface area contributed by atoms with Crippen LogP contribution in [0.15, 0.2) is 6.07 Å². The summed E-state index contributed by atoms with van der Waals surface area (Å²) in [6, 6.07) is 1.94. The van der Waals surface area contributed by atoms with Gasteiger partial charge in [0.2, 0.25) is 0 Å². The Morgan fingerprint density at radius 3 is 2.50 bits per heavy atom. The quantitative estimate of drug-likeness (QED) is 0.688. The fraction of sp³-hybridized carbons (Fsp3) is 0.692. The Bertz CT molecular complexity index is 404. The van der Waals surface area contributed by atoms with Crippen molar-refractivity contribution in [2.24, 2.45) is 5.41 Å². The van der Waals surface area contributed by atoms with Crippen LogP contribution < -0.4 is 10.6 Å². The molecular weight excluding hydrogens is 228 g/mol. The minimum atomic E-state index is 0.271. The molecule has 1 aliphatic carbocycles. The average molecular weight is 250 g/mol. The molecule has 3 N–H and O–H groups in total. The van der Waals surface area contributed by atoms with E-state index in [1.54, 1.807) is 0 Å². The molecule has 0 bridgehead atoms. The third-order valence-electron chi connectivity index (χ3n) is 3.44. The van der Waals surface area contributed by atoms with E-state index in [-0.39, 0.29) is 6.61 Å². The summed E-state index contributed by atoms with van der Waals surface area (Å²) in [4.78, 5) is 8.70. The fourth-order valence-electron chi connectivity index (χ4n) is 2.14. The number of nitrogens with one attached hydrogen (secondary N) is 2. The largest absolute Gasteiger partial charge is 0.396 e. The molecule has 0 atom stereocenters. The van der Waals surface area contributed by atoms with Crippen molar-refractivity contribution in [2.75, 3.05) is 30.3 Å². The summed E-state index contributed by atoms with van der Waals surface area (Å²) in [6.07, 6.45) is 3.28. The van der Waals surface area contributed by atoms with Crippen molar-refractivity contribution in [3.8, 4) is 0 Å². The fourth-order valence-corrected chi connectivity index (χ4v) is 2.14. The number of rotatable bonds is 7. The lowest BCUT2D eigenvalue weighted by molar-refractivity contribution is 0.253. The van der Waals surface area contributed by atoms with Gasteiger partial charge in [-0.25, -0.2) is 9.97 Å². The first kappa shape index (κ1) is 13.1. The summed E-state index contributed by atoms with van der Waals surface area (Å²) in [7, 11) is 0. The Kier molecular flexibility index (Phi) is 4.01. The molecule has 0 amide bonds. The molecule has 5 heteroatoms. The molecule has 0 aliphatic heterocycles. The van der Waals surface area contributed by atoms with E-state index in [1.807, 2.05) is 19.9 Å². The van der Waals surface area contributed by atoms with Crippen LogP contribution in [-0.4, -0.2) is 34.8 Å². The standard InChI is InChI=1S/C13H22N4O/c1-3-14-11-8-12(17-10(2)16-11)15-9-13(4-5-13)6-7-18/h8,18H,3-7,9H2,1-2H3,(H2,14,15,16,17). The Hall–Kier alpha value is -1.36. The lowest BCUT2D eigenvalue weighted by Gasteiger charge is -2.15. The summed E-state index contributed by atoms with van der Waals surface area (Å²) in [5.41, 5.74) is 0.298. The van der Waals surface area contributed by atoms with Gasteiger partial charge in [0.15, 0.2) is 0 Å². The summed E-state index contributed by atoms with van der Waals surface area (Å²) in [6.45, 7) is 5.95. The van der Waals surface area contributed by atoms with Crippen LogP contribution in [0.2, 0.25) is 0 Å².